The molecule has 1 aliphatic rings. The molecule has 0 bridgehead atoms. The second-order valence-corrected chi connectivity index (χ2v) is 7.26. The summed E-state index contributed by atoms with van der Waals surface area (Å²) in [6.07, 6.45) is 1.95. The summed E-state index contributed by atoms with van der Waals surface area (Å²) in [4.78, 5) is 13.7. The van der Waals surface area contributed by atoms with Crippen LogP contribution in [-0.2, 0) is 14.6 Å². The molecule has 1 fully saturated rings. The predicted molar refractivity (Wildman–Crippen MR) is 67.6 cm³/mol. The molecule has 1 heterocycles. The molecule has 0 aliphatic carbocycles. The molecule has 1 rings (SSSR count). The molecule has 0 spiro atoms. The summed E-state index contributed by atoms with van der Waals surface area (Å²) in [6.45, 7) is 5.52. The molecule has 1 saturated heterocycles. The third kappa shape index (κ3) is 5.50. The Bertz CT molecular complexity index is 357. The van der Waals surface area contributed by atoms with Crippen molar-refractivity contribution in [1.29, 1.82) is 0 Å². The van der Waals surface area contributed by atoms with Gasteiger partial charge in [-0.15, -0.1) is 0 Å². The van der Waals surface area contributed by atoms with Crippen molar-refractivity contribution >= 4 is 15.7 Å². The summed E-state index contributed by atoms with van der Waals surface area (Å²) < 4.78 is 21.9. The normalized spacial score (nSPS) is 25.9. The van der Waals surface area contributed by atoms with Crippen LogP contribution in [0.3, 0.4) is 0 Å². The first kappa shape index (κ1) is 14.4. The van der Waals surface area contributed by atoms with Crippen LogP contribution in [0.25, 0.3) is 0 Å². The van der Waals surface area contributed by atoms with Gasteiger partial charge < -0.3 is 10.2 Å². The number of amides is 1. The van der Waals surface area contributed by atoms with Gasteiger partial charge in [0.2, 0.25) is 5.91 Å². The van der Waals surface area contributed by atoms with E-state index in [0.717, 1.165) is 0 Å². The number of piperazine rings is 1. The van der Waals surface area contributed by atoms with E-state index >= 15 is 0 Å². The molecule has 5 nitrogen and oxygen atoms in total. The second-order valence-electron chi connectivity index (χ2n) is 5.00. The van der Waals surface area contributed by atoms with E-state index < -0.39 is 9.84 Å². The van der Waals surface area contributed by atoms with Crippen molar-refractivity contribution in [2.75, 3.05) is 25.1 Å². The summed E-state index contributed by atoms with van der Waals surface area (Å²) in [5, 5.41) is 3.35. The van der Waals surface area contributed by atoms with Gasteiger partial charge in [0.1, 0.15) is 9.84 Å². The van der Waals surface area contributed by atoms with Crippen molar-refractivity contribution in [3.05, 3.63) is 0 Å². The van der Waals surface area contributed by atoms with Crippen molar-refractivity contribution in [3.8, 4) is 0 Å². The summed E-state index contributed by atoms with van der Waals surface area (Å²) in [7, 11) is -2.96. The fourth-order valence-electron chi connectivity index (χ4n) is 2.17. The van der Waals surface area contributed by atoms with Crippen molar-refractivity contribution in [2.45, 2.75) is 38.8 Å². The number of hydrogen-bond donors (Lipinski definition) is 1. The highest BCUT2D eigenvalue weighted by molar-refractivity contribution is 7.90. The lowest BCUT2D eigenvalue weighted by molar-refractivity contribution is -0.132. The van der Waals surface area contributed by atoms with Gasteiger partial charge in [-0.05, 0) is 20.3 Å². The number of rotatable bonds is 4. The van der Waals surface area contributed by atoms with E-state index in [-0.39, 0.29) is 11.7 Å². The number of hydrogen-bond acceptors (Lipinski definition) is 4. The van der Waals surface area contributed by atoms with Gasteiger partial charge in [-0.1, -0.05) is 0 Å². The summed E-state index contributed by atoms with van der Waals surface area (Å²) in [5.41, 5.74) is 0. The first-order valence-electron chi connectivity index (χ1n) is 5.99. The van der Waals surface area contributed by atoms with Crippen molar-refractivity contribution < 1.29 is 13.2 Å². The highest BCUT2D eigenvalue weighted by Gasteiger charge is 2.24. The Labute approximate surface area is 103 Å². The number of carbonyl (C=O) groups is 1. The van der Waals surface area contributed by atoms with E-state index in [0.29, 0.717) is 38.0 Å². The molecule has 100 valence electrons. The monoisotopic (exact) mass is 262 g/mol. The van der Waals surface area contributed by atoms with Crippen LogP contribution in [0.4, 0.5) is 0 Å². The fourth-order valence-corrected chi connectivity index (χ4v) is 2.84. The van der Waals surface area contributed by atoms with Gasteiger partial charge in [0.15, 0.2) is 0 Å². The number of nitrogens with one attached hydrogen (secondary N) is 1. The zero-order valence-corrected chi connectivity index (χ0v) is 11.6. The van der Waals surface area contributed by atoms with Gasteiger partial charge in [0.05, 0.1) is 5.75 Å². The van der Waals surface area contributed by atoms with Crippen LogP contribution < -0.4 is 5.32 Å². The van der Waals surface area contributed by atoms with E-state index in [4.69, 9.17) is 0 Å². The zero-order chi connectivity index (χ0) is 13.1. The van der Waals surface area contributed by atoms with Crippen LogP contribution in [-0.4, -0.2) is 56.4 Å². The Balaban J connectivity index is 2.37. The lowest BCUT2D eigenvalue weighted by atomic mass is 10.1. The Morgan fingerprint density at radius 2 is 1.82 bits per heavy atom. The molecule has 0 saturated carbocycles. The van der Waals surface area contributed by atoms with Gasteiger partial charge >= 0.3 is 0 Å². The average molecular weight is 262 g/mol. The van der Waals surface area contributed by atoms with Crippen molar-refractivity contribution in [3.63, 3.8) is 0 Å². The fraction of sp³-hybridized carbons (Fsp3) is 0.909. The lowest BCUT2D eigenvalue weighted by Gasteiger charge is -2.36. The third-order valence-corrected chi connectivity index (χ3v) is 3.85. The van der Waals surface area contributed by atoms with E-state index in [2.05, 4.69) is 5.32 Å². The molecular weight excluding hydrogens is 240 g/mol. The Kier molecular flexibility index (Phi) is 4.94. The minimum absolute atomic E-state index is 0.0638. The van der Waals surface area contributed by atoms with E-state index in [9.17, 15) is 13.2 Å². The molecule has 0 aromatic rings. The van der Waals surface area contributed by atoms with Crippen LogP contribution in [0.2, 0.25) is 0 Å². The zero-order valence-electron chi connectivity index (χ0n) is 10.8. The summed E-state index contributed by atoms with van der Waals surface area (Å²) in [6, 6.07) is 0.607. The Hall–Kier alpha value is -0.620. The number of sulfone groups is 1. The minimum Gasteiger partial charge on any atom is -0.340 e. The summed E-state index contributed by atoms with van der Waals surface area (Å²) >= 11 is 0. The van der Waals surface area contributed by atoms with Crippen LogP contribution in [0.1, 0.15) is 26.7 Å². The van der Waals surface area contributed by atoms with Gasteiger partial charge in [-0.2, -0.15) is 0 Å². The highest BCUT2D eigenvalue weighted by atomic mass is 32.2. The van der Waals surface area contributed by atoms with E-state index in [1.807, 2.05) is 18.7 Å². The maximum absolute atomic E-state index is 11.9. The third-order valence-electron chi connectivity index (χ3n) is 2.82. The molecule has 1 amide bonds. The van der Waals surface area contributed by atoms with Crippen LogP contribution in [0.5, 0.6) is 0 Å². The van der Waals surface area contributed by atoms with Gasteiger partial charge in [0.25, 0.3) is 0 Å². The smallest absolute Gasteiger partial charge is 0.222 e. The maximum atomic E-state index is 11.9. The molecule has 6 heteroatoms. The van der Waals surface area contributed by atoms with Crippen LogP contribution in [0, 0.1) is 0 Å². The second kappa shape index (κ2) is 5.82. The molecule has 1 aliphatic heterocycles. The maximum Gasteiger partial charge on any atom is 0.222 e. The Morgan fingerprint density at radius 1 is 1.29 bits per heavy atom. The quantitative estimate of drug-likeness (QED) is 0.775. The molecule has 0 aromatic heterocycles. The molecule has 0 aromatic carbocycles. The molecular formula is C11H22N2O3S. The van der Waals surface area contributed by atoms with Gasteiger partial charge in [-0.3, -0.25) is 4.79 Å². The SMILES string of the molecule is C[C@H]1CN(C(=O)CCCS(C)(=O)=O)C[C@H](C)N1. The van der Waals surface area contributed by atoms with Crippen LogP contribution >= 0.6 is 0 Å². The number of nitrogens with zero attached hydrogens (tertiary/aromatic N) is 1. The largest absolute Gasteiger partial charge is 0.340 e. The predicted octanol–water partition coefficient (Wildman–Crippen LogP) is 0.0200. The van der Waals surface area contributed by atoms with E-state index in [1.54, 1.807) is 0 Å². The van der Waals surface area contributed by atoms with Crippen molar-refractivity contribution in [1.82, 2.24) is 10.2 Å². The molecule has 2 atom stereocenters. The summed E-state index contributed by atoms with van der Waals surface area (Å²) in [5.74, 6) is 0.157. The van der Waals surface area contributed by atoms with E-state index in [1.165, 1.54) is 6.26 Å². The van der Waals surface area contributed by atoms with Crippen molar-refractivity contribution in [2.24, 2.45) is 0 Å². The molecule has 1 N–H and O–H groups in total. The Morgan fingerprint density at radius 3 is 2.29 bits per heavy atom. The highest BCUT2D eigenvalue weighted by Crippen LogP contribution is 2.07. The van der Waals surface area contributed by atoms with Gasteiger partial charge in [0, 0.05) is 37.8 Å². The molecule has 17 heavy (non-hydrogen) atoms. The number of carbonyl (C=O) groups excluding carboxylic acids is 1. The van der Waals surface area contributed by atoms with Crippen LogP contribution in [0.15, 0.2) is 0 Å². The van der Waals surface area contributed by atoms with Gasteiger partial charge in [-0.25, -0.2) is 8.42 Å². The topological polar surface area (TPSA) is 66.5 Å². The first-order chi connectivity index (χ1) is 7.78. The molecule has 0 unspecified atom stereocenters. The average Bonchev–Trinajstić information content (AvgIpc) is 2.13. The lowest BCUT2D eigenvalue weighted by Crippen LogP contribution is -2.55. The first-order valence-corrected chi connectivity index (χ1v) is 8.05. The molecule has 0 radical (unpaired) electrons. The minimum atomic E-state index is -2.96. The standard InChI is InChI=1S/C11H22N2O3S/c1-9-7-13(8-10(2)12-9)11(14)5-4-6-17(3,15)16/h9-10,12H,4-8H2,1-3H3/t9-,10-/m0/s1.